The Hall–Kier alpha value is -1.41. The molecular formula is C12H12BrN3O3S. The molecule has 1 aliphatic heterocycles. The van der Waals surface area contributed by atoms with Crippen LogP contribution in [0, 0.1) is 0 Å². The Balaban J connectivity index is 1.89. The van der Waals surface area contributed by atoms with Crippen molar-refractivity contribution in [2.45, 2.75) is 12.3 Å². The highest BCUT2D eigenvalue weighted by molar-refractivity contribution is 9.10. The van der Waals surface area contributed by atoms with Gasteiger partial charge in [-0.1, -0.05) is 5.16 Å². The third kappa shape index (κ3) is 2.57. The van der Waals surface area contributed by atoms with E-state index in [4.69, 9.17) is 10.3 Å². The molecule has 1 aromatic heterocycles. The average molecular weight is 358 g/mol. The van der Waals surface area contributed by atoms with Gasteiger partial charge in [0.25, 0.3) is 5.89 Å². The van der Waals surface area contributed by atoms with Gasteiger partial charge in [0.05, 0.1) is 11.5 Å². The molecule has 2 aromatic rings. The molecule has 0 radical (unpaired) electrons. The van der Waals surface area contributed by atoms with Crippen LogP contribution in [0.15, 0.2) is 27.2 Å². The lowest BCUT2D eigenvalue weighted by molar-refractivity contribution is 0.418. The first kappa shape index (κ1) is 13.6. The summed E-state index contributed by atoms with van der Waals surface area (Å²) in [7, 11) is -2.96. The third-order valence-corrected chi connectivity index (χ3v) is 5.74. The van der Waals surface area contributed by atoms with Gasteiger partial charge in [0.15, 0.2) is 15.7 Å². The number of sulfone groups is 1. The summed E-state index contributed by atoms with van der Waals surface area (Å²) in [5, 5.41) is 3.90. The van der Waals surface area contributed by atoms with E-state index in [-0.39, 0.29) is 17.4 Å². The number of rotatable bonds is 2. The highest BCUT2D eigenvalue weighted by Crippen LogP contribution is 2.30. The molecule has 1 aromatic carbocycles. The van der Waals surface area contributed by atoms with Gasteiger partial charge < -0.3 is 10.3 Å². The molecule has 0 spiro atoms. The maximum absolute atomic E-state index is 11.5. The third-order valence-electron chi connectivity index (χ3n) is 3.29. The van der Waals surface area contributed by atoms with Gasteiger partial charge in [0, 0.05) is 21.6 Å². The second kappa shape index (κ2) is 4.85. The van der Waals surface area contributed by atoms with E-state index in [2.05, 4.69) is 26.1 Å². The summed E-state index contributed by atoms with van der Waals surface area (Å²) in [6.45, 7) is 0. The van der Waals surface area contributed by atoms with Gasteiger partial charge in [-0.2, -0.15) is 4.98 Å². The number of nitrogens with two attached hydrogens (primary N) is 1. The molecule has 0 amide bonds. The molecule has 106 valence electrons. The molecule has 8 heteroatoms. The normalized spacial score (nSPS) is 21.1. The molecule has 0 bridgehead atoms. The minimum atomic E-state index is -2.96. The van der Waals surface area contributed by atoms with Crippen LogP contribution in [-0.4, -0.2) is 30.1 Å². The number of nitrogens with zero attached hydrogens (tertiary/aromatic N) is 2. The molecule has 1 saturated heterocycles. The summed E-state index contributed by atoms with van der Waals surface area (Å²) >= 11 is 3.34. The summed E-state index contributed by atoms with van der Waals surface area (Å²) in [6, 6.07) is 5.31. The van der Waals surface area contributed by atoms with Crippen molar-refractivity contribution in [1.29, 1.82) is 0 Å². The Morgan fingerprint density at radius 1 is 1.40 bits per heavy atom. The van der Waals surface area contributed by atoms with E-state index in [1.807, 2.05) is 0 Å². The van der Waals surface area contributed by atoms with Crippen molar-refractivity contribution in [3.63, 3.8) is 0 Å². The molecule has 6 nitrogen and oxygen atoms in total. The van der Waals surface area contributed by atoms with Crippen LogP contribution in [0.4, 0.5) is 5.69 Å². The first-order chi connectivity index (χ1) is 9.44. The van der Waals surface area contributed by atoms with Crippen molar-refractivity contribution in [3.8, 4) is 11.5 Å². The fourth-order valence-corrected chi connectivity index (χ4v) is 4.29. The minimum absolute atomic E-state index is 0.0946. The SMILES string of the molecule is Nc1ccc(-c2nc(C3CCS(=O)(=O)C3)no2)cc1Br. The first-order valence-corrected chi connectivity index (χ1v) is 8.65. The number of halogens is 1. The van der Waals surface area contributed by atoms with Crippen molar-refractivity contribution < 1.29 is 12.9 Å². The topological polar surface area (TPSA) is 99.1 Å². The lowest BCUT2D eigenvalue weighted by atomic mass is 10.1. The molecule has 20 heavy (non-hydrogen) atoms. The van der Waals surface area contributed by atoms with E-state index < -0.39 is 9.84 Å². The Labute approximate surface area is 124 Å². The quantitative estimate of drug-likeness (QED) is 0.825. The number of benzene rings is 1. The zero-order chi connectivity index (χ0) is 14.3. The van der Waals surface area contributed by atoms with E-state index in [1.165, 1.54) is 0 Å². The molecule has 2 N–H and O–H groups in total. The van der Waals surface area contributed by atoms with Gasteiger partial charge in [-0.3, -0.25) is 0 Å². The predicted octanol–water partition coefficient (Wildman–Crippen LogP) is 1.98. The summed E-state index contributed by atoms with van der Waals surface area (Å²) in [5.74, 6) is 0.931. The van der Waals surface area contributed by atoms with Crippen molar-refractivity contribution in [1.82, 2.24) is 10.1 Å². The van der Waals surface area contributed by atoms with Gasteiger partial charge in [0.1, 0.15) is 0 Å². The Bertz CT molecular complexity index is 757. The summed E-state index contributed by atoms with van der Waals surface area (Å²) < 4.78 is 28.9. The molecule has 3 rings (SSSR count). The Morgan fingerprint density at radius 3 is 2.85 bits per heavy atom. The van der Waals surface area contributed by atoms with Crippen LogP contribution in [0.5, 0.6) is 0 Å². The number of anilines is 1. The highest BCUT2D eigenvalue weighted by atomic mass is 79.9. The van der Waals surface area contributed by atoms with Crippen LogP contribution in [0.1, 0.15) is 18.2 Å². The van der Waals surface area contributed by atoms with Crippen LogP contribution in [0.3, 0.4) is 0 Å². The maximum atomic E-state index is 11.5. The second-order valence-electron chi connectivity index (χ2n) is 4.79. The van der Waals surface area contributed by atoms with E-state index >= 15 is 0 Å². The molecule has 1 atom stereocenters. The fraction of sp³-hybridized carbons (Fsp3) is 0.333. The lowest BCUT2D eigenvalue weighted by Gasteiger charge is -2.00. The van der Waals surface area contributed by atoms with E-state index in [0.717, 1.165) is 10.0 Å². The van der Waals surface area contributed by atoms with Crippen LogP contribution in [0.25, 0.3) is 11.5 Å². The number of nitrogen functional groups attached to an aromatic ring is 1. The summed E-state index contributed by atoms with van der Waals surface area (Å²) in [6.07, 6.45) is 0.548. The maximum Gasteiger partial charge on any atom is 0.257 e. The smallest absolute Gasteiger partial charge is 0.257 e. The zero-order valence-corrected chi connectivity index (χ0v) is 12.8. The van der Waals surface area contributed by atoms with Crippen molar-refractivity contribution in [2.24, 2.45) is 0 Å². The average Bonchev–Trinajstić information content (AvgIpc) is 2.99. The Kier molecular flexibility index (Phi) is 3.29. The molecular weight excluding hydrogens is 346 g/mol. The molecule has 0 aliphatic carbocycles. The van der Waals surface area contributed by atoms with Crippen molar-refractivity contribution >= 4 is 31.5 Å². The predicted molar refractivity (Wildman–Crippen MR) is 77.9 cm³/mol. The number of aromatic nitrogens is 2. The van der Waals surface area contributed by atoms with E-state index in [1.54, 1.807) is 18.2 Å². The molecule has 1 aliphatic rings. The Morgan fingerprint density at radius 2 is 2.20 bits per heavy atom. The minimum Gasteiger partial charge on any atom is -0.398 e. The highest BCUT2D eigenvalue weighted by Gasteiger charge is 2.32. The number of hydrogen-bond acceptors (Lipinski definition) is 6. The van der Waals surface area contributed by atoms with Crippen LogP contribution in [0.2, 0.25) is 0 Å². The van der Waals surface area contributed by atoms with Crippen LogP contribution < -0.4 is 5.73 Å². The van der Waals surface area contributed by atoms with E-state index in [9.17, 15) is 8.42 Å². The first-order valence-electron chi connectivity index (χ1n) is 6.04. The van der Waals surface area contributed by atoms with Gasteiger partial charge in [-0.25, -0.2) is 8.42 Å². The molecule has 0 saturated carbocycles. The van der Waals surface area contributed by atoms with Gasteiger partial charge in [-0.05, 0) is 40.5 Å². The van der Waals surface area contributed by atoms with Gasteiger partial charge in [-0.15, -0.1) is 0 Å². The summed E-state index contributed by atoms with van der Waals surface area (Å²) in [5.41, 5.74) is 7.08. The summed E-state index contributed by atoms with van der Waals surface area (Å²) in [4.78, 5) is 4.29. The van der Waals surface area contributed by atoms with Gasteiger partial charge in [0.2, 0.25) is 0 Å². The second-order valence-corrected chi connectivity index (χ2v) is 7.88. The van der Waals surface area contributed by atoms with E-state index in [0.29, 0.717) is 23.8 Å². The van der Waals surface area contributed by atoms with Crippen LogP contribution >= 0.6 is 15.9 Å². The van der Waals surface area contributed by atoms with Crippen LogP contribution in [-0.2, 0) is 9.84 Å². The molecule has 1 fully saturated rings. The molecule has 1 unspecified atom stereocenters. The van der Waals surface area contributed by atoms with Crippen molar-refractivity contribution in [3.05, 3.63) is 28.5 Å². The molecule has 2 heterocycles. The zero-order valence-electron chi connectivity index (χ0n) is 10.4. The monoisotopic (exact) mass is 357 g/mol. The van der Waals surface area contributed by atoms with Gasteiger partial charge >= 0.3 is 0 Å². The van der Waals surface area contributed by atoms with Crippen molar-refractivity contribution in [2.75, 3.05) is 17.2 Å². The number of hydrogen-bond donors (Lipinski definition) is 1. The lowest BCUT2D eigenvalue weighted by Crippen LogP contribution is -2.05. The largest absolute Gasteiger partial charge is 0.398 e. The fourth-order valence-electron chi connectivity index (χ4n) is 2.18. The standard InChI is InChI=1S/C12H12BrN3O3S/c13-9-5-7(1-2-10(9)14)12-15-11(16-19-12)8-3-4-20(17,18)6-8/h1-2,5,8H,3-4,6,14H2.